The number of carbonyl (C=O) groups is 1. The number of carbonyl (C=O) groups excluding carboxylic acids is 1. The third kappa shape index (κ3) is 2.96. The van der Waals surface area contributed by atoms with Gasteiger partial charge in [0.05, 0.1) is 0 Å². The van der Waals surface area contributed by atoms with E-state index in [2.05, 4.69) is 41.5 Å². The van der Waals surface area contributed by atoms with Crippen LogP contribution in [0.2, 0.25) is 0 Å². The van der Waals surface area contributed by atoms with Gasteiger partial charge in [0.15, 0.2) is 0 Å². The molecule has 3 nitrogen and oxygen atoms in total. The fourth-order valence-electron chi connectivity index (χ4n) is 4.70. The monoisotopic (exact) mass is 283 g/mol. The zero-order valence-corrected chi connectivity index (χ0v) is 14.2. The van der Waals surface area contributed by atoms with Gasteiger partial charge in [0.25, 0.3) is 0 Å². The van der Waals surface area contributed by atoms with Crippen LogP contribution in [-0.2, 0) is 4.74 Å². The van der Waals surface area contributed by atoms with Crippen molar-refractivity contribution < 1.29 is 9.53 Å². The van der Waals surface area contributed by atoms with Crippen LogP contribution >= 0.6 is 0 Å². The van der Waals surface area contributed by atoms with Crippen LogP contribution in [0.4, 0.5) is 4.79 Å². The van der Waals surface area contributed by atoms with E-state index in [1.807, 2.05) is 0 Å². The summed E-state index contributed by atoms with van der Waals surface area (Å²) in [6.45, 7) is 13.8. The van der Waals surface area contributed by atoms with Crippen molar-refractivity contribution in [2.24, 2.45) is 28.4 Å². The van der Waals surface area contributed by atoms with Crippen LogP contribution in [0.3, 0.4) is 0 Å². The zero-order valence-electron chi connectivity index (χ0n) is 14.2. The summed E-state index contributed by atoms with van der Waals surface area (Å²) in [7, 11) is 0. The van der Waals surface area contributed by atoms with E-state index in [1.165, 1.54) is 12.8 Å². The number of amides is 1. The molecular formula is C17H33NO2. The Morgan fingerprint density at radius 2 is 1.95 bits per heavy atom. The second-order valence-corrected chi connectivity index (χ2v) is 7.31. The molecule has 0 heterocycles. The molecule has 0 bridgehead atoms. The molecule has 20 heavy (non-hydrogen) atoms. The largest absolute Gasteiger partial charge is 0.446 e. The molecule has 118 valence electrons. The lowest BCUT2D eigenvalue weighted by Gasteiger charge is -2.58. The molecule has 1 aliphatic rings. The van der Waals surface area contributed by atoms with Crippen molar-refractivity contribution in [2.75, 3.05) is 0 Å². The molecule has 1 rings (SSSR count). The van der Waals surface area contributed by atoms with Gasteiger partial charge in [0.1, 0.15) is 6.10 Å². The summed E-state index contributed by atoms with van der Waals surface area (Å²) in [6, 6.07) is 0. The van der Waals surface area contributed by atoms with E-state index >= 15 is 0 Å². The van der Waals surface area contributed by atoms with Crippen LogP contribution in [0.15, 0.2) is 0 Å². The summed E-state index contributed by atoms with van der Waals surface area (Å²) in [5.41, 5.74) is 5.79. The van der Waals surface area contributed by atoms with E-state index in [0.29, 0.717) is 17.3 Å². The Labute approximate surface area is 124 Å². The predicted octanol–water partition coefficient (Wildman–Crippen LogP) is 4.74. The first-order chi connectivity index (χ1) is 9.22. The summed E-state index contributed by atoms with van der Waals surface area (Å²) in [5.74, 6) is 1.05. The van der Waals surface area contributed by atoms with E-state index in [0.717, 1.165) is 19.3 Å². The number of primary amides is 1. The third-order valence-electron chi connectivity index (χ3n) is 6.16. The SMILES string of the molecule is CCC1(CC(C)C)CCC(OC(N)=O)C(C)C1(C)CC. The maximum atomic E-state index is 11.1. The molecular weight excluding hydrogens is 250 g/mol. The first-order valence-electron chi connectivity index (χ1n) is 8.18. The van der Waals surface area contributed by atoms with Crippen LogP contribution < -0.4 is 5.73 Å². The van der Waals surface area contributed by atoms with Crippen LogP contribution in [0.25, 0.3) is 0 Å². The Morgan fingerprint density at radius 1 is 1.35 bits per heavy atom. The normalized spacial score (nSPS) is 38.0. The zero-order chi connectivity index (χ0) is 15.6. The lowest BCUT2D eigenvalue weighted by molar-refractivity contribution is -0.121. The quantitative estimate of drug-likeness (QED) is 0.792. The highest BCUT2D eigenvalue weighted by Gasteiger charge is 2.54. The molecule has 1 aliphatic carbocycles. The molecule has 1 fully saturated rings. The molecule has 0 saturated heterocycles. The summed E-state index contributed by atoms with van der Waals surface area (Å²) in [6.07, 6.45) is 4.99. The van der Waals surface area contributed by atoms with Gasteiger partial charge in [-0.3, -0.25) is 0 Å². The number of rotatable bonds is 5. The average Bonchev–Trinajstić information content (AvgIpc) is 2.37. The summed E-state index contributed by atoms with van der Waals surface area (Å²) < 4.78 is 5.38. The Bertz CT molecular complexity index is 342. The van der Waals surface area contributed by atoms with Crippen molar-refractivity contribution in [3.63, 3.8) is 0 Å². The second-order valence-electron chi connectivity index (χ2n) is 7.31. The van der Waals surface area contributed by atoms with Crippen molar-refractivity contribution in [2.45, 2.75) is 79.8 Å². The second kappa shape index (κ2) is 6.36. The van der Waals surface area contributed by atoms with Crippen molar-refractivity contribution in [1.82, 2.24) is 0 Å². The van der Waals surface area contributed by atoms with Crippen LogP contribution in [0.1, 0.15) is 73.6 Å². The fourth-order valence-corrected chi connectivity index (χ4v) is 4.70. The highest BCUT2D eigenvalue weighted by molar-refractivity contribution is 5.64. The Kier molecular flexibility index (Phi) is 5.51. The maximum absolute atomic E-state index is 11.1. The van der Waals surface area contributed by atoms with Gasteiger partial charge in [-0.1, -0.05) is 41.5 Å². The van der Waals surface area contributed by atoms with Crippen molar-refractivity contribution in [3.8, 4) is 0 Å². The maximum Gasteiger partial charge on any atom is 0.404 e. The van der Waals surface area contributed by atoms with Crippen molar-refractivity contribution in [1.29, 1.82) is 0 Å². The lowest BCUT2D eigenvalue weighted by Crippen LogP contribution is -2.53. The molecule has 2 N–H and O–H groups in total. The predicted molar refractivity (Wildman–Crippen MR) is 83.4 cm³/mol. The summed E-state index contributed by atoms with van der Waals surface area (Å²) >= 11 is 0. The van der Waals surface area contributed by atoms with E-state index in [9.17, 15) is 4.79 Å². The Balaban J connectivity index is 3.08. The molecule has 0 aromatic carbocycles. The first kappa shape index (κ1) is 17.3. The van der Waals surface area contributed by atoms with Gasteiger partial charge in [-0.05, 0) is 54.8 Å². The molecule has 0 aromatic heterocycles. The standard InChI is InChI=1S/C17H33NO2/c1-7-16(6)13(5)14(20-15(18)19)9-10-17(16,8-2)11-12(3)4/h12-14H,7-11H2,1-6H3,(H2,18,19). The van der Waals surface area contributed by atoms with Gasteiger partial charge in [-0.25, -0.2) is 4.79 Å². The highest BCUT2D eigenvalue weighted by atomic mass is 16.6. The van der Waals surface area contributed by atoms with E-state index in [-0.39, 0.29) is 11.5 Å². The van der Waals surface area contributed by atoms with Gasteiger partial charge in [0, 0.05) is 0 Å². The number of hydrogen-bond donors (Lipinski definition) is 1. The Morgan fingerprint density at radius 3 is 2.35 bits per heavy atom. The number of ether oxygens (including phenoxy) is 1. The van der Waals surface area contributed by atoms with Gasteiger partial charge in [-0.15, -0.1) is 0 Å². The molecule has 1 saturated carbocycles. The molecule has 0 aromatic rings. The first-order valence-corrected chi connectivity index (χ1v) is 8.18. The van der Waals surface area contributed by atoms with Crippen molar-refractivity contribution in [3.05, 3.63) is 0 Å². The van der Waals surface area contributed by atoms with Crippen molar-refractivity contribution >= 4 is 6.09 Å². The minimum Gasteiger partial charge on any atom is -0.446 e. The van der Waals surface area contributed by atoms with E-state index in [4.69, 9.17) is 10.5 Å². The molecule has 0 aliphatic heterocycles. The van der Waals surface area contributed by atoms with Gasteiger partial charge < -0.3 is 10.5 Å². The fraction of sp³-hybridized carbons (Fsp3) is 0.941. The molecule has 0 radical (unpaired) electrons. The van der Waals surface area contributed by atoms with Gasteiger partial charge >= 0.3 is 6.09 Å². The summed E-state index contributed by atoms with van der Waals surface area (Å²) in [4.78, 5) is 11.1. The molecule has 1 amide bonds. The highest BCUT2D eigenvalue weighted by Crippen LogP contribution is 2.60. The lowest BCUT2D eigenvalue weighted by atomic mass is 9.48. The average molecular weight is 283 g/mol. The molecule has 4 unspecified atom stereocenters. The minimum absolute atomic E-state index is 0.0238. The molecule has 0 spiro atoms. The number of hydrogen-bond acceptors (Lipinski definition) is 2. The van der Waals surface area contributed by atoms with Gasteiger partial charge in [0.2, 0.25) is 0 Å². The Hall–Kier alpha value is -0.730. The smallest absolute Gasteiger partial charge is 0.404 e. The van der Waals surface area contributed by atoms with Gasteiger partial charge in [-0.2, -0.15) is 0 Å². The van der Waals surface area contributed by atoms with Crippen LogP contribution in [-0.4, -0.2) is 12.2 Å². The van der Waals surface area contributed by atoms with E-state index in [1.54, 1.807) is 0 Å². The van der Waals surface area contributed by atoms with Crippen LogP contribution in [0.5, 0.6) is 0 Å². The topological polar surface area (TPSA) is 52.3 Å². The molecule has 4 atom stereocenters. The number of nitrogens with two attached hydrogens (primary N) is 1. The third-order valence-corrected chi connectivity index (χ3v) is 6.16. The van der Waals surface area contributed by atoms with E-state index < -0.39 is 6.09 Å². The minimum atomic E-state index is -0.631. The van der Waals surface area contributed by atoms with Crippen LogP contribution in [0, 0.1) is 22.7 Å². The molecule has 3 heteroatoms. The summed E-state index contributed by atoms with van der Waals surface area (Å²) in [5, 5.41) is 0.